The van der Waals surface area contributed by atoms with Gasteiger partial charge in [-0.15, -0.1) is 0 Å². The van der Waals surface area contributed by atoms with Crippen LogP contribution < -0.4 is 10.1 Å². The summed E-state index contributed by atoms with van der Waals surface area (Å²) in [5.41, 5.74) is 0. The number of unbranched alkanes of at least 4 members (excludes halogenated alkanes) is 3. The van der Waals surface area contributed by atoms with Gasteiger partial charge >= 0.3 is 0 Å². The number of anilines is 1. The van der Waals surface area contributed by atoms with E-state index in [1.807, 2.05) is 18.2 Å². The van der Waals surface area contributed by atoms with Gasteiger partial charge in [-0.3, -0.25) is 0 Å². The van der Waals surface area contributed by atoms with Gasteiger partial charge in [0.2, 0.25) is 5.88 Å². The molecule has 3 heteroatoms. The molecule has 1 aromatic rings. The molecular formula is C14H24N2O. The van der Waals surface area contributed by atoms with E-state index in [2.05, 4.69) is 24.1 Å². The Morgan fingerprint density at radius 1 is 1.12 bits per heavy atom. The molecule has 0 saturated carbocycles. The lowest BCUT2D eigenvalue weighted by Crippen LogP contribution is -2.04. The zero-order chi connectivity index (χ0) is 12.3. The quantitative estimate of drug-likeness (QED) is 0.661. The van der Waals surface area contributed by atoms with Crippen molar-refractivity contribution in [3.8, 4) is 5.88 Å². The minimum Gasteiger partial charge on any atom is -0.478 e. The number of ether oxygens (including phenoxy) is 1. The molecule has 0 aliphatic heterocycles. The first-order chi connectivity index (χ1) is 8.36. The third kappa shape index (κ3) is 6.15. The Hall–Kier alpha value is -1.25. The van der Waals surface area contributed by atoms with Gasteiger partial charge in [0.05, 0.1) is 6.61 Å². The fourth-order valence-corrected chi connectivity index (χ4v) is 1.55. The number of aromatic nitrogens is 1. The van der Waals surface area contributed by atoms with Crippen molar-refractivity contribution in [3.05, 3.63) is 18.2 Å². The SMILES string of the molecule is CCCCCCOc1cccc(NCCC)n1. The Morgan fingerprint density at radius 2 is 2.00 bits per heavy atom. The van der Waals surface area contributed by atoms with E-state index in [1.165, 1.54) is 19.3 Å². The highest BCUT2D eigenvalue weighted by atomic mass is 16.5. The van der Waals surface area contributed by atoms with Crippen molar-refractivity contribution in [3.63, 3.8) is 0 Å². The maximum atomic E-state index is 5.62. The molecule has 1 heterocycles. The fraction of sp³-hybridized carbons (Fsp3) is 0.643. The van der Waals surface area contributed by atoms with Crippen molar-refractivity contribution < 1.29 is 4.74 Å². The highest BCUT2D eigenvalue weighted by Gasteiger charge is 1.97. The Kier molecular flexibility index (Phi) is 7.19. The van der Waals surface area contributed by atoms with E-state index in [-0.39, 0.29) is 0 Å². The predicted molar refractivity (Wildman–Crippen MR) is 72.7 cm³/mol. The molecule has 96 valence electrons. The molecule has 1 N–H and O–H groups in total. The van der Waals surface area contributed by atoms with E-state index in [4.69, 9.17) is 4.74 Å². The molecule has 0 saturated heterocycles. The van der Waals surface area contributed by atoms with E-state index >= 15 is 0 Å². The van der Waals surface area contributed by atoms with Crippen LogP contribution in [-0.2, 0) is 0 Å². The van der Waals surface area contributed by atoms with E-state index in [9.17, 15) is 0 Å². The molecular weight excluding hydrogens is 212 g/mol. The normalized spacial score (nSPS) is 10.2. The van der Waals surface area contributed by atoms with Gasteiger partial charge in [0.15, 0.2) is 0 Å². The second kappa shape index (κ2) is 8.85. The van der Waals surface area contributed by atoms with Crippen LogP contribution in [0.4, 0.5) is 5.82 Å². The second-order valence-electron chi connectivity index (χ2n) is 4.20. The lowest BCUT2D eigenvalue weighted by Gasteiger charge is -2.07. The van der Waals surface area contributed by atoms with E-state index < -0.39 is 0 Å². The number of nitrogens with zero attached hydrogens (tertiary/aromatic N) is 1. The molecule has 0 aromatic carbocycles. The molecule has 3 nitrogen and oxygen atoms in total. The van der Waals surface area contributed by atoms with Gasteiger partial charge in [0.25, 0.3) is 0 Å². The monoisotopic (exact) mass is 236 g/mol. The molecule has 0 aliphatic carbocycles. The average Bonchev–Trinajstić information content (AvgIpc) is 2.37. The van der Waals surface area contributed by atoms with Gasteiger partial charge in [0.1, 0.15) is 5.82 Å². The number of hydrogen-bond acceptors (Lipinski definition) is 3. The van der Waals surface area contributed by atoms with Crippen LogP contribution in [0.5, 0.6) is 5.88 Å². The molecule has 0 spiro atoms. The molecule has 1 aromatic heterocycles. The Bertz CT molecular complexity index is 302. The summed E-state index contributed by atoms with van der Waals surface area (Å²) >= 11 is 0. The van der Waals surface area contributed by atoms with Crippen LogP contribution in [0.15, 0.2) is 18.2 Å². The van der Waals surface area contributed by atoms with Crippen molar-refractivity contribution in [1.29, 1.82) is 0 Å². The molecule has 0 fully saturated rings. The predicted octanol–water partition coefficient (Wildman–Crippen LogP) is 3.86. The van der Waals surface area contributed by atoms with Crippen LogP contribution in [-0.4, -0.2) is 18.1 Å². The molecule has 17 heavy (non-hydrogen) atoms. The highest BCUT2D eigenvalue weighted by Crippen LogP contribution is 2.12. The zero-order valence-corrected chi connectivity index (χ0v) is 11.0. The molecule has 0 amide bonds. The number of rotatable bonds is 9. The summed E-state index contributed by atoms with van der Waals surface area (Å²) in [6.45, 7) is 6.07. The first-order valence-electron chi connectivity index (χ1n) is 6.70. The average molecular weight is 236 g/mol. The zero-order valence-electron chi connectivity index (χ0n) is 11.0. The van der Waals surface area contributed by atoms with Gasteiger partial charge in [-0.25, -0.2) is 0 Å². The summed E-state index contributed by atoms with van der Waals surface area (Å²) < 4.78 is 5.62. The molecule has 0 radical (unpaired) electrons. The van der Waals surface area contributed by atoms with E-state index in [1.54, 1.807) is 0 Å². The van der Waals surface area contributed by atoms with Crippen molar-refractivity contribution in [2.24, 2.45) is 0 Å². The summed E-state index contributed by atoms with van der Waals surface area (Å²) in [6, 6.07) is 5.86. The van der Waals surface area contributed by atoms with Gasteiger partial charge in [-0.05, 0) is 18.9 Å². The topological polar surface area (TPSA) is 34.1 Å². The third-order valence-electron chi connectivity index (χ3n) is 2.53. The first-order valence-corrected chi connectivity index (χ1v) is 6.70. The Labute approximate surface area is 105 Å². The Balaban J connectivity index is 2.27. The second-order valence-corrected chi connectivity index (χ2v) is 4.20. The van der Waals surface area contributed by atoms with Gasteiger partial charge < -0.3 is 10.1 Å². The minimum absolute atomic E-state index is 0.725. The summed E-state index contributed by atoms with van der Waals surface area (Å²) in [6.07, 6.45) is 6.00. The summed E-state index contributed by atoms with van der Waals surface area (Å²) in [5.74, 6) is 1.63. The Morgan fingerprint density at radius 3 is 2.76 bits per heavy atom. The smallest absolute Gasteiger partial charge is 0.215 e. The fourth-order valence-electron chi connectivity index (χ4n) is 1.55. The number of pyridine rings is 1. The number of hydrogen-bond donors (Lipinski definition) is 1. The lowest BCUT2D eigenvalue weighted by atomic mass is 10.2. The van der Waals surface area contributed by atoms with Crippen LogP contribution in [0.25, 0.3) is 0 Å². The van der Waals surface area contributed by atoms with Gasteiger partial charge in [0, 0.05) is 12.6 Å². The van der Waals surface area contributed by atoms with Crippen molar-refractivity contribution in [2.45, 2.75) is 46.0 Å². The molecule has 0 bridgehead atoms. The largest absolute Gasteiger partial charge is 0.478 e. The third-order valence-corrected chi connectivity index (χ3v) is 2.53. The standard InChI is InChI=1S/C14H24N2O/c1-3-5-6-7-12-17-14-10-8-9-13(16-14)15-11-4-2/h8-10H,3-7,11-12H2,1-2H3,(H,15,16). The van der Waals surface area contributed by atoms with Crippen LogP contribution in [0.1, 0.15) is 46.0 Å². The number of nitrogens with one attached hydrogen (secondary N) is 1. The molecule has 0 atom stereocenters. The maximum Gasteiger partial charge on any atom is 0.215 e. The van der Waals surface area contributed by atoms with E-state index in [0.717, 1.165) is 37.7 Å². The van der Waals surface area contributed by atoms with E-state index in [0.29, 0.717) is 0 Å². The van der Waals surface area contributed by atoms with Crippen LogP contribution in [0.3, 0.4) is 0 Å². The minimum atomic E-state index is 0.725. The van der Waals surface area contributed by atoms with Crippen molar-refractivity contribution in [1.82, 2.24) is 4.98 Å². The highest BCUT2D eigenvalue weighted by molar-refractivity contribution is 5.36. The molecule has 0 unspecified atom stereocenters. The summed E-state index contributed by atoms with van der Waals surface area (Å²) in [5, 5.41) is 3.25. The lowest BCUT2D eigenvalue weighted by molar-refractivity contribution is 0.294. The summed E-state index contributed by atoms with van der Waals surface area (Å²) in [7, 11) is 0. The van der Waals surface area contributed by atoms with Gasteiger partial charge in [-0.1, -0.05) is 39.2 Å². The maximum absolute atomic E-state index is 5.62. The molecule has 1 rings (SSSR count). The van der Waals surface area contributed by atoms with Gasteiger partial charge in [-0.2, -0.15) is 4.98 Å². The first kappa shape index (κ1) is 13.8. The molecule has 0 aliphatic rings. The van der Waals surface area contributed by atoms with Crippen molar-refractivity contribution >= 4 is 5.82 Å². The summed E-state index contributed by atoms with van der Waals surface area (Å²) in [4.78, 5) is 4.39. The van der Waals surface area contributed by atoms with Crippen molar-refractivity contribution in [2.75, 3.05) is 18.5 Å². The van der Waals surface area contributed by atoms with Crippen LogP contribution >= 0.6 is 0 Å². The van der Waals surface area contributed by atoms with Crippen LogP contribution in [0, 0.1) is 0 Å². The van der Waals surface area contributed by atoms with Crippen LogP contribution in [0.2, 0.25) is 0 Å².